The van der Waals surface area contributed by atoms with E-state index in [0.29, 0.717) is 6.54 Å². The van der Waals surface area contributed by atoms with E-state index in [1.807, 2.05) is 29.9 Å². The summed E-state index contributed by atoms with van der Waals surface area (Å²) in [5.41, 5.74) is 2.37. The third-order valence-corrected chi connectivity index (χ3v) is 3.72. The van der Waals surface area contributed by atoms with Gasteiger partial charge in [0.2, 0.25) is 0 Å². The molecule has 0 atom stereocenters. The van der Waals surface area contributed by atoms with E-state index < -0.39 is 0 Å². The van der Waals surface area contributed by atoms with Gasteiger partial charge in [0.05, 0.1) is 6.54 Å². The van der Waals surface area contributed by atoms with Gasteiger partial charge in [0, 0.05) is 23.3 Å². The van der Waals surface area contributed by atoms with Crippen LogP contribution >= 0.6 is 15.9 Å². The Balaban J connectivity index is 2.34. The average molecular weight is 295 g/mol. The van der Waals surface area contributed by atoms with E-state index in [-0.39, 0.29) is 5.56 Å². The second kappa shape index (κ2) is 4.92. The Kier molecular flexibility index (Phi) is 3.52. The van der Waals surface area contributed by atoms with Gasteiger partial charge >= 0.3 is 0 Å². The van der Waals surface area contributed by atoms with E-state index in [1.54, 1.807) is 10.7 Å². The molecule has 17 heavy (non-hydrogen) atoms. The highest BCUT2D eigenvalue weighted by molar-refractivity contribution is 9.10. The lowest BCUT2D eigenvalue weighted by atomic mass is 10.1. The predicted octanol–water partition coefficient (Wildman–Crippen LogP) is 2.79. The summed E-state index contributed by atoms with van der Waals surface area (Å²) in [5, 5.41) is 0. The van der Waals surface area contributed by atoms with Crippen LogP contribution in [-0.2, 0) is 13.1 Å². The molecule has 0 fully saturated rings. The zero-order valence-corrected chi connectivity index (χ0v) is 11.6. The molecule has 1 heterocycles. The van der Waals surface area contributed by atoms with Crippen LogP contribution in [0, 0.1) is 6.92 Å². The lowest BCUT2D eigenvalue weighted by Crippen LogP contribution is -2.22. The van der Waals surface area contributed by atoms with Gasteiger partial charge in [0.25, 0.3) is 5.56 Å². The Bertz CT molecular complexity index is 583. The molecule has 0 N–H and O–H groups in total. The first-order chi connectivity index (χ1) is 8.11. The fourth-order valence-corrected chi connectivity index (χ4v) is 2.11. The monoisotopic (exact) mass is 294 g/mol. The minimum atomic E-state index is 0.0485. The van der Waals surface area contributed by atoms with Crippen LogP contribution in [0.2, 0.25) is 0 Å². The Labute approximate surface area is 109 Å². The van der Waals surface area contributed by atoms with Crippen molar-refractivity contribution in [3.8, 4) is 0 Å². The molecule has 0 unspecified atom stereocenters. The molecule has 0 saturated heterocycles. The molecule has 0 aliphatic rings. The lowest BCUT2D eigenvalue weighted by Gasteiger charge is -2.10. The first kappa shape index (κ1) is 12.2. The summed E-state index contributed by atoms with van der Waals surface area (Å²) < 4.78 is 4.78. The van der Waals surface area contributed by atoms with Crippen molar-refractivity contribution >= 4 is 15.9 Å². The summed E-state index contributed by atoms with van der Waals surface area (Å²) in [6.07, 6.45) is 1.83. The molecule has 4 heteroatoms. The highest BCUT2D eigenvalue weighted by Crippen LogP contribution is 2.17. The molecule has 1 aromatic carbocycles. The third kappa shape index (κ3) is 2.52. The number of halogens is 1. The maximum absolute atomic E-state index is 11.7. The van der Waals surface area contributed by atoms with Crippen molar-refractivity contribution in [2.75, 3.05) is 0 Å². The number of benzene rings is 1. The predicted molar refractivity (Wildman–Crippen MR) is 72.3 cm³/mol. The molecule has 2 aromatic rings. The molecule has 0 radical (unpaired) electrons. The van der Waals surface area contributed by atoms with Crippen molar-refractivity contribution in [3.05, 3.63) is 56.4 Å². The molecule has 2 rings (SSSR count). The van der Waals surface area contributed by atoms with E-state index in [2.05, 4.69) is 28.9 Å². The fraction of sp³-hybridized carbons (Fsp3) is 0.308. The highest BCUT2D eigenvalue weighted by atomic mass is 79.9. The number of aromatic nitrogens is 2. The minimum absolute atomic E-state index is 0.0485. The second-order valence-corrected chi connectivity index (χ2v) is 4.91. The van der Waals surface area contributed by atoms with Crippen LogP contribution in [0.3, 0.4) is 0 Å². The number of hydrogen-bond donors (Lipinski definition) is 0. The van der Waals surface area contributed by atoms with E-state index in [1.165, 1.54) is 5.56 Å². The average Bonchev–Trinajstić information content (AvgIpc) is 2.65. The SMILES string of the molecule is CCn1ccc(=O)n1Cc1ccc(Br)c(C)c1. The maximum Gasteiger partial charge on any atom is 0.266 e. The Hall–Kier alpha value is -1.29. The number of hydrogen-bond acceptors (Lipinski definition) is 1. The van der Waals surface area contributed by atoms with Gasteiger partial charge in [-0.25, -0.2) is 4.68 Å². The fourth-order valence-electron chi connectivity index (χ4n) is 1.87. The molecule has 0 aliphatic carbocycles. The number of rotatable bonds is 3. The van der Waals surface area contributed by atoms with Crippen LogP contribution in [0.15, 0.2) is 39.7 Å². The van der Waals surface area contributed by atoms with Crippen LogP contribution in [0.1, 0.15) is 18.1 Å². The second-order valence-electron chi connectivity index (χ2n) is 4.05. The van der Waals surface area contributed by atoms with Gasteiger partial charge in [0.15, 0.2) is 0 Å². The molecule has 0 bridgehead atoms. The van der Waals surface area contributed by atoms with Gasteiger partial charge in [0.1, 0.15) is 0 Å². The van der Waals surface area contributed by atoms with Crippen molar-refractivity contribution in [2.45, 2.75) is 26.9 Å². The smallest absolute Gasteiger partial charge is 0.266 e. The summed E-state index contributed by atoms with van der Waals surface area (Å²) in [6.45, 7) is 5.50. The standard InChI is InChI=1S/C13H15BrN2O/c1-3-15-7-6-13(17)16(15)9-11-4-5-12(14)10(2)8-11/h4-8H,3,9H2,1-2H3. The quantitative estimate of drug-likeness (QED) is 0.855. The summed E-state index contributed by atoms with van der Waals surface area (Å²) in [6, 6.07) is 7.77. The first-order valence-corrected chi connectivity index (χ1v) is 6.42. The van der Waals surface area contributed by atoms with Crippen LogP contribution in [-0.4, -0.2) is 9.36 Å². The Morgan fingerprint density at radius 3 is 2.71 bits per heavy atom. The van der Waals surface area contributed by atoms with E-state index in [9.17, 15) is 4.79 Å². The highest BCUT2D eigenvalue weighted by Gasteiger charge is 2.04. The topological polar surface area (TPSA) is 26.9 Å². The molecular formula is C13H15BrN2O. The molecule has 0 saturated carbocycles. The van der Waals surface area contributed by atoms with Crippen LogP contribution in [0.5, 0.6) is 0 Å². The van der Waals surface area contributed by atoms with E-state index >= 15 is 0 Å². The van der Waals surface area contributed by atoms with Crippen molar-refractivity contribution in [3.63, 3.8) is 0 Å². The summed E-state index contributed by atoms with van der Waals surface area (Å²) in [5.74, 6) is 0. The van der Waals surface area contributed by atoms with Gasteiger partial charge in [-0.15, -0.1) is 0 Å². The van der Waals surface area contributed by atoms with Crippen LogP contribution in [0.4, 0.5) is 0 Å². The lowest BCUT2D eigenvalue weighted by molar-refractivity contribution is 0.489. The third-order valence-electron chi connectivity index (χ3n) is 2.83. The zero-order chi connectivity index (χ0) is 12.4. The number of nitrogens with zero attached hydrogens (tertiary/aromatic N) is 2. The molecule has 0 spiro atoms. The molecule has 0 amide bonds. The summed E-state index contributed by atoms with van der Waals surface area (Å²) in [7, 11) is 0. The van der Waals surface area contributed by atoms with Gasteiger partial charge < -0.3 is 0 Å². The Morgan fingerprint density at radius 1 is 1.29 bits per heavy atom. The van der Waals surface area contributed by atoms with Crippen LogP contribution in [0.25, 0.3) is 0 Å². The van der Waals surface area contributed by atoms with Gasteiger partial charge in [-0.2, -0.15) is 0 Å². The Morgan fingerprint density at radius 2 is 2.06 bits per heavy atom. The van der Waals surface area contributed by atoms with E-state index in [0.717, 1.165) is 16.6 Å². The largest absolute Gasteiger partial charge is 0.290 e. The number of aryl methyl sites for hydroxylation is 2. The van der Waals surface area contributed by atoms with Crippen LogP contribution < -0.4 is 5.56 Å². The summed E-state index contributed by atoms with van der Waals surface area (Å²) in [4.78, 5) is 11.7. The molecule has 1 aromatic heterocycles. The minimum Gasteiger partial charge on any atom is -0.290 e. The van der Waals surface area contributed by atoms with Crippen molar-refractivity contribution in [1.29, 1.82) is 0 Å². The molecule has 90 valence electrons. The molecular weight excluding hydrogens is 280 g/mol. The van der Waals surface area contributed by atoms with Crippen molar-refractivity contribution in [2.24, 2.45) is 0 Å². The van der Waals surface area contributed by atoms with E-state index in [4.69, 9.17) is 0 Å². The maximum atomic E-state index is 11.7. The molecule has 3 nitrogen and oxygen atoms in total. The van der Waals surface area contributed by atoms with Gasteiger partial charge in [-0.1, -0.05) is 28.1 Å². The van der Waals surface area contributed by atoms with Gasteiger partial charge in [-0.3, -0.25) is 9.48 Å². The zero-order valence-electron chi connectivity index (χ0n) is 9.98. The molecule has 0 aliphatic heterocycles. The normalized spacial score (nSPS) is 10.8. The van der Waals surface area contributed by atoms with Crippen molar-refractivity contribution < 1.29 is 0 Å². The summed E-state index contributed by atoms with van der Waals surface area (Å²) >= 11 is 3.48. The van der Waals surface area contributed by atoms with Crippen molar-refractivity contribution in [1.82, 2.24) is 9.36 Å². The van der Waals surface area contributed by atoms with Gasteiger partial charge in [-0.05, 0) is 31.0 Å². The first-order valence-electron chi connectivity index (χ1n) is 5.63.